The number of allylic oxidation sites excluding steroid dienone is 3. The Labute approximate surface area is 206 Å². The largest absolute Gasteiger partial charge is 0.244 e. The second-order valence-corrected chi connectivity index (χ2v) is 11.3. The fraction of sp³-hybridized carbons (Fsp3) is 0.241. The molecule has 0 amide bonds. The van der Waals surface area contributed by atoms with Gasteiger partial charge in [0.2, 0.25) is 0 Å². The predicted octanol–water partition coefficient (Wildman–Crippen LogP) is 8.56. The van der Waals surface area contributed by atoms with Gasteiger partial charge in [-0.1, -0.05) is 71.8 Å². The summed E-state index contributed by atoms with van der Waals surface area (Å²) < 4.78 is 4.65. The van der Waals surface area contributed by atoms with E-state index in [1.807, 2.05) is 6.21 Å². The third-order valence-electron chi connectivity index (χ3n) is 5.60. The average molecular weight is 473 g/mol. The standard InChI is InChI=1S/C29H29ClN2S/c1-20-10-13-23-16-17-31-28(30)26(23)18-25(22-8-6-5-7-9-22)27(20)24-14-11-21(12-15-24)19-32-33-29(2,3)4/h5-9,11-12,14-19H,10,13H2,1-4H3. The molecular weight excluding hydrogens is 444 g/mol. The van der Waals surface area contributed by atoms with Crippen molar-refractivity contribution >= 4 is 47.0 Å². The molecule has 0 N–H and O–H groups in total. The van der Waals surface area contributed by atoms with Crippen LogP contribution < -0.4 is 0 Å². The van der Waals surface area contributed by atoms with Gasteiger partial charge in [-0.2, -0.15) is 0 Å². The van der Waals surface area contributed by atoms with E-state index in [-0.39, 0.29) is 4.75 Å². The van der Waals surface area contributed by atoms with E-state index < -0.39 is 0 Å². The molecule has 0 aliphatic heterocycles. The molecule has 0 atom stereocenters. The predicted molar refractivity (Wildman–Crippen MR) is 146 cm³/mol. The fourth-order valence-electron chi connectivity index (χ4n) is 3.98. The van der Waals surface area contributed by atoms with Gasteiger partial charge in [0.15, 0.2) is 0 Å². The lowest BCUT2D eigenvalue weighted by Gasteiger charge is -2.21. The first kappa shape index (κ1) is 23.5. The highest BCUT2D eigenvalue weighted by molar-refractivity contribution is 7.99. The summed E-state index contributed by atoms with van der Waals surface area (Å²) in [5.41, 5.74) is 9.54. The molecule has 0 saturated heterocycles. The van der Waals surface area contributed by atoms with Gasteiger partial charge in [-0.15, -0.1) is 0 Å². The van der Waals surface area contributed by atoms with Crippen LogP contribution in [0.1, 0.15) is 61.9 Å². The van der Waals surface area contributed by atoms with Crippen molar-refractivity contribution in [2.24, 2.45) is 4.40 Å². The smallest absolute Gasteiger partial charge is 0.136 e. The number of pyridine rings is 1. The van der Waals surface area contributed by atoms with Gasteiger partial charge in [0.25, 0.3) is 0 Å². The maximum atomic E-state index is 6.56. The Hall–Kier alpha value is -2.62. The van der Waals surface area contributed by atoms with Crippen molar-refractivity contribution in [1.29, 1.82) is 0 Å². The zero-order chi connectivity index (χ0) is 23.4. The van der Waals surface area contributed by atoms with Crippen LogP contribution in [-0.2, 0) is 6.42 Å². The van der Waals surface area contributed by atoms with Gasteiger partial charge in [-0.05, 0) is 98.0 Å². The molecule has 0 bridgehead atoms. The van der Waals surface area contributed by atoms with Gasteiger partial charge >= 0.3 is 0 Å². The van der Waals surface area contributed by atoms with E-state index >= 15 is 0 Å². The zero-order valence-electron chi connectivity index (χ0n) is 19.6. The van der Waals surface area contributed by atoms with Crippen molar-refractivity contribution in [3.8, 4) is 0 Å². The fourth-order valence-corrected chi connectivity index (χ4v) is 4.70. The minimum absolute atomic E-state index is 0.110. The number of fused-ring (bicyclic) bond motifs is 1. The SMILES string of the molecule is CC1=C(c2ccc(C=NSC(C)(C)C)cc2)C(c2ccccc2)=Cc2c(ccnc2Cl)CC1. The Morgan fingerprint density at radius 3 is 2.36 bits per heavy atom. The molecule has 0 spiro atoms. The lowest BCUT2D eigenvalue weighted by Crippen LogP contribution is -2.05. The first-order chi connectivity index (χ1) is 15.8. The quantitative estimate of drug-likeness (QED) is 0.216. The molecule has 0 fully saturated rings. The number of nitrogens with zero attached hydrogens (tertiary/aromatic N) is 2. The Morgan fingerprint density at radius 2 is 1.67 bits per heavy atom. The van der Waals surface area contributed by atoms with Gasteiger partial charge in [0.05, 0.1) is 0 Å². The lowest BCUT2D eigenvalue weighted by molar-refractivity contribution is 0.804. The van der Waals surface area contributed by atoms with Crippen LogP contribution in [-0.4, -0.2) is 15.9 Å². The number of aromatic nitrogens is 1. The molecular formula is C29H29ClN2S. The molecule has 4 heteroatoms. The number of halogens is 1. The van der Waals surface area contributed by atoms with Gasteiger partial charge in [-0.3, -0.25) is 0 Å². The third-order valence-corrected chi connectivity index (χ3v) is 6.66. The maximum absolute atomic E-state index is 6.56. The first-order valence-corrected chi connectivity index (χ1v) is 12.4. The van der Waals surface area contributed by atoms with Crippen LogP contribution in [0.25, 0.3) is 17.2 Å². The van der Waals surface area contributed by atoms with Crippen molar-refractivity contribution in [3.05, 3.63) is 105 Å². The molecule has 1 aliphatic carbocycles. The summed E-state index contributed by atoms with van der Waals surface area (Å²) in [5.74, 6) is 0. The van der Waals surface area contributed by atoms with Crippen molar-refractivity contribution in [3.63, 3.8) is 0 Å². The van der Waals surface area contributed by atoms with E-state index in [2.05, 4.69) is 104 Å². The van der Waals surface area contributed by atoms with Crippen LogP contribution in [0, 0.1) is 0 Å². The number of hydrogen-bond donors (Lipinski definition) is 0. The highest BCUT2D eigenvalue weighted by Gasteiger charge is 2.19. The van der Waals surface area contributed by atoms with Crippen molar-refractivity contribution in [2.45, 2.75) is 45.3 Å². The molecule has 0 saturated carbocycles. The van der Waals surface area contributed by atoms with E-state index in [0.717, 1.165) is 24.0 Å². The molecule has 0 radical (unpaired) electrons. The Kier molecular flexibility index (Phi) is 7.21. The van der Waals surface area contributed by atoms with Gasteiger partial charge < -0.3 is 0 Å². The van der Waals surface area contributed by atoms with E-state index in [1.54, 1.807) is 18.1 Å². The Morgan fingerprint density at radius 1 is 0.939 bits per heavy atom. The maximum Gasteiger partial charge on any atom is 0.136 e. The second kappa shape index (κ2) is 10.1. The van der Waals surface area contributed by atoms with Crippen LogP contribution in [0.15, 0.2) is 76.8 Å². The summed E-state index contributed by atoms with van der Waals surface area (Å²) in [4.78, 5) is 4.36. The molecule has 0 unspecified atom stereocenters. The molecule has 1 heterocycles. The second-order valence-electron chi connectivity index (χ2n) is 9.31. The summed E-state index contributed by atoms with van der Waals surface area (Å²) in [7, 11) is 0. The third kappa shape index (κ3) is 5.85. The minimum Gasteiger partial charge on any atom is -0.244 e. The highest BCUT2D eigenvalue weighted by atomic mass is 35.5. The van der Waals surface area contributed by atoms with E-state index in [0.29, 0.717) is 5.15 Å². The highest BCUT2D eigenvalue weighted by Crippen LogP contribution is 2.40. The average Bonchev–Trinajstić information content (AvgIpc) is 2.78. The van der Waals surface area contributed by atoms with Crippen LogP contribution in [0.5, 0.6) is 0 Å². The van der Waals surface area contributed by atoms with Crippen LogP contribution >= 0.6 is 23.5 Å². The summed E-state index contributed by atoms with van der Waals surface area (Å²) in [6, 6.07) is 21.3. The van der Waals surface area contributed by atoms with Gasteiger partial charge in [0, 0.05) is 22.7 Å². The Balaban J connectivity index is 1.79. The first-order valence-electron chi connectivity index (χ1n) is 11.2. The van der Waals surface area contributed by atoms with Crippen LogP contribution in [0.3, 0.4) is 0 Å². The monoisotopic (exact) mass is 472 g/mol. The minimum atomic E-state index is 0.110. The summed E-state index contributed by atoms with van der Waals surface area (Å²) in [6.45, 7) is 8.74. The van der Waals surface area contributed by atoms with Gasteiger partial charge in [0.1, 0.15) is 5.15 Å². The number of rotatable bonds is 4. The topological polar surface area (TPSA) is 25.2 Å². The van der Waals surface area contributed by atoms with E-state index in [1.165, 1.54) is 33.4 Å². The lowest BCUT2D eigenvalue weighted by atomic mass is 9.83. The molecule has 33 heavy (non-hydrogen) atoms. The van der Waals surface area contributed by atoms with Crippen LogP contribution in [0.2, 0.25) is 5.15 Å². The number of benzene rings is 2. The Bertz CT molecular complexity index is 1220. The summed E-state index contributed by atoms with van der Waals surface area (Å²) >= 11 is 8.16. The zero-order valence-corrected chi connectivity index (χ0v) is 21.2. The molecule has 2 nitrogen and oxygen atoms in total. The summed E-state index contributed by atoms with van der Waals surface area (Å²) in [6.07, 6.45) is 7.87. The van der Waals surface area contributed by atoms with Crippen LogP contribution in [0.4, 0.5) is 0 Å². The summed E-state index contributed by atoms with van der Waals surface area (Å²) in [5, 5.41) is 0.558. The molecule has 1 aromatic heterocycles. The van der Waals surface area contributed by atoms with Crippen molar-refractivity contribution in [1.82, 2.24) is 4.98 Å². The number of aryl methyl sites for hydroxylation is 1. The van der Waals surface area contributed by atoms with Gasteiger partial charge in [-0.25, -0.2) is 9.38 Å². The molecule has 2 aromatic carbocycles. The molecule has 1 aliphatic rings. The van der Waals surface area contributed by atoms with E-state index in [4.69, 9.17) is 11.6 Å². The normalized spacial score (nSPS) is 14.6. The number of hydrogen-bond acceptors (Lipinski definition) is 3. The van der Waals surface area contributed by atoms with E-state index in [9.17, 15) is 0 Å². The van der Waals surface area contributed by atoms with Crippen molar-refractivity contribution in [2.75, 3.05) is 0 Å². The molecule has 4 rings (SSSR count). The van der Waals surface area contributed by atoms with Crippen molar-refractivity contribution < 1.29 is 0 Å². The molecule has 168 valence electrons. The molecule has 3 aromatic rings.